The number of carbonyl (C=O) groups excluding carboxylic acids is 1. The Morgan fingerprint density at radius 2 is 2.00 bits per heavy atom. The normalized spacial score (nSPS) is 24.1. The molecule has 0 saturated carbocycles. The predicted octanol–water partition coefficient (Wildman–Crippen LogP) is 2.41. The molecular weight excluding hydrogens is 280 g/mol. The number of rotatable bonds is 3. The molecule has 1 aromatic heterocycles. The van der Waals surface area contributed by atoms with Crippen molar-refractivity contribution in [2.45, 2.75) is 51.7 Å². The van der Waals surface area contributed by atoms with Crippen LogP contribution in [0.4, 0.5) is 10.6 Å². The van der Waals surface area contributed by atoms with Gasteiger partial charge >= 0.3 is 6.09 Å². The fourth-order valence-electron chi connectivity index (χ4n) is 3.20. The molecule has 1 atom stereocenters. The van der Waals surface area contributed by atoms with Gasteiger partial charge in [0.05, 0.1) is 18.4 Å². The number of hydrogen-bond acceptors (Lipinski definition) is 5. The van der Waals surface area contributed by atoms with E-state index in [-0.39, 0.29) is 12.2 Å². The van der Waals surface area contributed by atoms with Gasteiger partial charge in [-0.15, -0.1) is 0 Å². The zero-order chi connectivity index (χ0) is 15.7. The van der Waals surface area contributed by atoms with Crippen molar-refractivity contribution in [1.29, 1.82) is 0 Å². The summed E-state index contributed by atoms with van der Waals surface area (Å²) in [6.45, 7) is 9.09. The van der Waals surface area contributed by atoms with Gasteiger partial charge in [0, 0.05) is 18.2 Å². The molecule has 6 heteroatoms. The maximum Gasteiger partial charge on any atom is 0.415 e. The zero-order valence-electron chi connectivity index (χ0n) is 13.5. The van der Waals surface area contributed by atoms with E-state index >= 15 is 0 Å². The van der Waals surface area contributed by atoms with Crippen molar-refractivity contribution in [1.82, 2.24) is 14.9 Å². The van der Waals surface area contributed by atoms with Gasteiger partial charge in [-0.3, -0.25) is 9.88 Å². The number of carbonyl (C=O) groups is 1. The number of cyclic esters (lactones) is 1. The summed E-state index contributed by atoms with van der Waals surface area (Å²) >= 11 is 0. The summed E-state index contributed by atoms with van der Waals surface area (Å²) in [5, 5.41) is 0. The Labute approximate surface area is 131 Å². The molecule has 0 aliphatic carbocycles. The Hall–Kier alpha value is -1.69. The van der Waals surface area contributed by atoms with E-state index in [0.717, 1.165) is 31.6 Å². The summed E-state index contributed by atoms with van der Waals surface area (Å²) < 4.78 is 5.17. The number of ether oxygens (including phenoxy) is 1. The molecule has 120 valence electrons. The van der Waals surface area contributed by atoms with Crippen molar-refractivity contribution in [3.8, 4) is 0 Å². The minimum absolute atomic E-state index is 0.0905. The van der Waals surface area contributed by atoms with Crippen LogP contribution in [-0.4, -0.2) is 52.7 Å². The highest BCUT2D eigenvalue weighted by Crippen LogP contribution is 2.29. The second kappa shape index (κ2) is 6.20. The molecule has 0 N–H and O–H groups in total. The lowest BCUT2D eigenvalue weighted by Crippen LogP contribution is -2.38. The quantitative estimate of drug-likeness (QED) is 0.858. The van der Waals surface area contributed by atoms with Crippen LogP contribution in [0, 0.1) is 0 Å². The topological polar surface area (TPSA) is 58.6 Å². The summed E-state index contributed by atoms with van der Waals surface area (Å²) in [6, 6.07) is 0.597. The van der Waals surface area contributed by atoms with Crippen LogP contribution in [-0.2, 0) is 4.74 Å². The van der Waals surface area contributed by atoms with Crippen molar-refractivity contribution in [3.05, 3.63) is 18.1 Å². The largest absolute Gasteiger partial charge is 0.444 e. The first-order valence-corrected chi connectivity index (χ1v) is 8.08. The average Bonchev–Trinajstić information content (AvgIpc) is 2.86. The Morgan fingerprint density at radius 3 is 2.59 bits per heavy atom. The number of piperidine rings is 1. The van der Waals surface area contributed by atoms with Crippen LogP contribution in [0.2, 0.25) is 0 Å². The standard InChI is InChI=1S/C16H24N4O2/c1-11(2)19-6-4-13(5-7-19)14-8-17-9-15(18-14)20-10-12(3)22-16(20)21/h8-9,11-13H,4-7,10H2,1-3H3/t12-/m0/s1. The van der Waals surface area contributed by atoms with Crippen molar-refractivity contribution in [2.75, 3.05) is 24.5 Å². The first-order valence-electron chi connectivity index (χ1n) is 8.08. The molecule has 22 heavy (non-hydrogen) atoms. The van der Waals surface area contributed by atoms with Gasteiger partial charge in [-0.2, -0.15) is 0 Å². The maximum absolute atomic E-state index is 11.8. The van der Waals surface area contributed by atoms with Crippen LogP contribution in [0.5, 0.6) is 0 Å². The van der Waals surface area contributed by atoms with Crippen LogP contribution in [0.1, 0.15) is 45.2 Å². The van der Waals surface area contributed by atoms with E-state index in [0.29, 0.717) is 24.3 Å². The molecule has 2 aliphatic rings. The number of likely N-dealkylation sites (tertiary alicyclic amines) is 1. The summed E-state index contributed by atoms with van der Waals surface area (Å²) in [6.07, 6.45) is 5.26. The third kappa shape index (κ3) is 3.06. The third-order valence-electron chi connectivity index (χ3n) is 4.56. The van der Waals surface area contributed by atoms with Crippen LogP contribution in [0.25, 0.3) is 0 Å². The fraction of sp³-hybridized carbons (Fsp3) is 0.688. The summed E-state index contributed by atoms with van der Waals surface area (Å²) in [4.78, 5) is 24.9. The number of hydrogen-bond donors (Lipinski definition) is 0. The van der Waals surface area contributed by atoms with Crippen molar-refractivity contribution < 1.29 is 9.53 Å². The Bertz CT molecular complexity index is 541. The maximum atomic E-state index is 11.8. The second-order valence-corrected chi connectivity index (χ2v) is 6.51. The van der Waals surface area contributed by atoms with Crippen molar-refractivity contribution in [2.24, 2.45) is 0 Å². The van der Waals surface area contributed by atoms with E-state index in [9.17, 15) is 4.79 Å². The molecule has 3 heterocycles. The first-order chi connectivity index (χ1) is 10.5. The van der Waals surface area contributed by atoms with Crippen LogP contribution in [0.15, 0.2) is 12.4 Å². The third-order valence-corrected chi connectivity index (χ3v) is 4.56. The lowest BCUT2D eigenvalue weighted by Gasteiger charge is -2.34. The van der Waals surface area contributed by atoms with Gasteiger partial charge in [0.25, 0.3) is 0 Å². The van der Waals surface area contributed by atoms with Gasteiger partial charge in [-0.1, -0.05) is 0 Å². The summed E-state index contributed by atoms with van der Waals surface area (Å²) in [5.74, 6) is 1.04. The van der Waals surface area contributed by atoms with Crippen molar-refractivity contribution in [3.63, 3.8) is 0 Å². The highest BCUT2D eigenvalue weighted by Gasteiger charge is 2.31. The molecule has 0 spiro atoms. The lowest BCUT2D eigenvalue weighted by molar-refractivity contribution is 0.149. The Morgan fingerprint density at radius 1 is 1.27 bits per heavy atom. The lowest BCUT2D eigenvalue weighted by atomic mass is 9.93. The molecular formula is C16H24N4O2. The zero-order valence-corrected chi connectivity index (χ0v) is 13.5. The Kier molecular flexibility index (Phi) is 4.29. The smallest absolute Gasteiger partial charge is 0.415 e. The van der Waals surface area contributed by atoms with E-state index < -0.39 is 0 Å². The average molecular weight is 304 g/mol. The summed E-state index contributed by atoms with van der Waals surface area (Å²) in [7, 11) is 0. The van der Waals surface area contributed by atoms with E-state index in [4.69, 9.17) is 4.74 Å². The Balaban J connectivity index is 1.71. The van der Waals surface area contributed by atoms with E-state index in [2.05, 4.69) is 28.7 Å². The minimum atomic E-state index is -0.325. The minimum Gasteiger partial charge on any atom is -0.444 e. The molecule has 0 bridgehead atoms. The fourth-order valence-corrected chi connectivity index (χ4v) is 3.20. The summed E-state index contributed by atoms with van der Waals surface area (Å²) in [5.41, 5.74) is 0.994. The highest BCUT2D eigenvalue weighted by atomic mass is 16.6. The van der Waals surface area contributed by atoms with Gasteiger partial charge < -0.3 is 9.64 Å². The SMILES string of the molecule is CC(C)N1CCC(c2cncc(N3C[C@H](C)OC3=O)n2)CC1. The van der Waals surface area contributed by atoms with Gasteiger partial charge in [0.2, 0.25) is 0 Å². The van der Waals surface area contributed by atoms with E-state index in [1.807, 2.05) is 13.1 Å². The van der Waals surface area contributed by atoms with Crippen LogP contribution in [0.3, 0.4) is 0 Å². The van der Waals surface area contributed by atoms with Gasteiger partial charge in [0.15, 0.2) is 5.82 Å². The second-order valence-electron chi connectivity index (χ2n) is 6.51. The number of aromatic nitrogens is 2. The molecule has 2 aliphatic heterocycles. The molecule has 6 nitrogen and oxygen atoms in total. The van der Waals surface area contributed by atoms with Crippen molar-refractivity contribution >= 4 is 11.9 Å². The molecule has 0 aromatic carbocycles. The van der Waals surface area contributed by atoms with Gasteiger partial charge in [0.1, 0.15) is 6.10 Å². The number of nitrogens with zero attached hydrogens (tertiary/aromatic N) is 4. The number of anilines is 1. The van der Waals surface area contributed by atoms with Crippen LogP contribution >= 0.6 is 0 Å². The molecule has 1 aromatic rings. The predicted molar refractivity (Wildman–Crippen MR) is 84.0 cm³/mol. The highest BCUT2D eigenvalue weighted by molar-refractivity contribution is 5.88. The van der Waals surface area contributed by atoms with Gasteiger partial charge in [-0.25, -0.2) is 9.78 Å². The van der Waals surface area contributed by atoms with Crippen LogP contribution < -0.4 is 4.90 Å². The first kappa shape index (κ1) is 15.2. The molecule has 0 radical (unpaired) electrons. The molecule has 3 rings (SSSR count). The molecule has 2 fully saturated rings. The van der Waals surface area contributed by atoms with E-state index in [1.165, 1.54) is 0 Å². The van der Waals surface area contributed by atoms with E-state index in [1.54, 1.807) is 11.1 Å². The molecule has 0 unspecified atom stereocenters. The molecule has 2 saturated heterocycles. The molecule has 1 amide bonds. The monoisotopic (exact) mass is 304 g/mol. The number of amides is 1. The van der Waals surface area contributed by atoms with Gasteiger partial charge in [-0.05, 0) is 46.7 Å².